The van der Waals surface area contributed by atoms with E-state index in [1.165, 1.54) is 25.7 Å². The average molecular weight is 198 g/mol. The van der Waals surface area contributed by atoms with E-state index in [4.69, 9.17) is 9.84 Å². The van der Waals surface area contributed by atoms with E-state index in [0.29, 0.717) is 12.0 Å². The summed E-state index contributed by atoms with van der Waals surface area (Å²) in [4.78, 5) is 10.5. The number of aliphatic carboxylic acids is 1. The Morgan fingerprint density at radius 1 is 1.21 bits per heavy atom. The lowest BCUT2D eigenvalue weighted by Crippen LogP contribution is -2.38. The monoisotopic (exact) mass is 198 g/mol. The number of hydrogen-bond acceptors (Lipinski definition) is 2. The van der Waals surface area contributed by atoms with E-state index in [9.17, 15) is 4.79 Å². The Hall–Kier alpha value is -0.570. The first kappa shape index (κ1) is 9.97. The Labute approximate surface area is 84.4 Å². The third-order valence-electron chi connectivity index (χ3n) is 3.47. The molecule has 1 saturated heterocycles. The zero-order valence-electron chi connectivity index (χ0n) is 8.45. The van der Waals surface area contributed by atoms with Gasteiger partial charge < -0.3 is 9.84 Å². The van der Waals surface area contributed by atoms with Crippen LogP contribution in [0.3, 0.4) is 0 Å². The summed E-state index contributed by atoms with van der Waals surface area (Å²) >= 11 is 0. The fraction of sp³-hybridized carbons (Fsp3) is 0.909. The molecule has 3 nitrogen and oxygen atoms in total. The minimum atomic E-state index is -0.732. The molecule has 3 unspecified atom stereocenters. The smallest absolute Gasteiger partial charge is 0.305 e. The summed E-state index contributed by atoms with van der Waals surface area (Å²) in [6, 6.07) is 0. The van der Waals surface area contributed by atoms with Gasteiger partial charge in [0.25, 0.3) is 0 Å². The number of carboxylic acid groups (broad SMARTS) is 1. The average Bonchev–Trinajstić information content (AvgIpc) is 2.17. The normalized spacial score (nSPS) is 37.6. The second-order valence-corrected chi connectivity index (χ2v) is 4.52. The topological polar surface area (TPSA) is 46.5 Å². The molecular formula is C11H18O3. The molecule has 2 aliphatic rings. The van der Waals surface area contributed by atoms with E-state index in [1.54, 1.807) is 0 Å². The van der Waals surface area contributed by atoms with Gasteiger partial charge in [-0.1, -0.05) is 12.8 Å². The van der Waals surface area contributed by atoms with E-state index in [1.807, 2.05) is 0 Å². The molecule has 0 aromatic heterocycles. The SMILES string of the molecule is O=C(O)CC1CCC2CCCCC2O1. The van der Waals surface area contributed by atoms with Gasteiger partial charge in [0.15, 0.2) is 0 Å². The Kier molecular flexibility index (Phi) is 3.06. The molecule has 1 saturated carbocycles. The molecule has 1 aliphatic heterocycles. The molecular weight excluding hydrogens is 180 g/mol. The van der Waals surface area contributed by atoms with Crippen molar-refractivity contribution in [2.75, 3.05) is 0 Å². The van der Waals surface area contributed by atoms with Crippen LogP contribution < -0.4 is 0 Å². The third-order valence-corrected chi connectivity index (χ3v) is 3.47. The van der Waals surface area contributed by atoms with Crippen molar-refractivity contribution in [2.45, 2.75) is 57.2 Å². The largest absolute Gasteiger partial charge is 0.481 e. The van der Waals surface area contributed by atoms with Crippen LogP contribution in [0, 0.1) is 5.92 Å². The summed E-state index contributed by atoms with van der Waals surface area (Å²) in [6.45, 7) is 0. The minimum Gasteiger partial charge on any atom is -0.481 e. The van der Waals surface area contributed by atoms with Crippen molar-refractivity contribution in [3.05, 3.63) is 0 Å². The Balaban J connectivity index is 1.86. The highest BCUT2D eigenvalue weighted by Crippen LogP contribution is 2.36. The van der Waals surface area contributed by atoms with E-state index >= 15 is 0 Å². The summed E-state index contributed by atoms with van der Waals surface area (Å²) in [5, 5.41) is 8.68. The van der Waals surface area contributed by atoms with Gasteiger partial charge in [-0.2, -0.15) is 0 Å². The van der Waals surface area contributed by atoms with Crippen LogP contribution in [0.25, 0.3) is 0 Å². The summed E-state index contributed by atoms with van der Waals surface area (Å²) < 4.78 is 5.82. The second kappa shape index (κ2) is 4.30. The fourth-order valence-electron chi connectivity index (χ4n) is 2.74. The number of hydrogen-bond donors (Lipinski definition) is 1. The highest BCUT2D eigenvalue weighted by molar-refractivity contribution is 5.67. The van der Waals surface area contributed by atoms with Gasteiger partial charge in [0.05, 0.1) is 18.6 Å². The van der Waals surface area contributed by atoms with Crippen molar-refractivity contribution in [3.8, 4) is 0 Å². The van der Waals surface area contributed by atoms with Crippen LogP contribution in [0.15, 0.2) is 0 Å². The number of carbonyl (C=O) groups is 1. The van der Waals surface area contributed by atoms with Crippen LogP contribution in [0.2, 0.25) is 0 Å². The molecule has 80 valence electrons. The molecule has 0 aromatic carbocycles. The van der Waals surface area contributed by atoms with E-state index < -0.39 is 5.97 Å². The lowest BCUT2D eigenvalue weighted by Gasteiger charge is -2.39. The Morgan fingerprint density at radius 2 is 2.00 bits per heavy atom. The van der Waals surface area contributed by atoms with Gasteiger partial charge in [0.1, 0.15) is 0 Å². The number of ether oxygens (including phenoxy) is 1. The quantitative estimate of drug-likeness (QED) is 0.739. The molecule has 0 spiro atoms. The second-order valence-electron chi connectivity index (χ2n) is 4.52. The molecule has 0 aromatic rings. The first-order valence-corrected chi connectivity index (χ1v) is 5.63. The molecule has 3 atom stereocenters. The first-order valence-electron chi connectivity index (χ1n) is 5.63. The lowest BCUT2D eigenvalue weighted by molar-refractivity contribution is -0.147. The summed E-state index contributed by atoms with van der Waals surface area (Å²) in [5.74, 6) is -0.0157. The minimum absolute atomic E-state index is 0.0214. The zero-order valence-corrected chi connectivity index (χ0v) is 8.45. The molecule has 1 N–H and O–H groups in total. The molecule has 1 aliphatic carbocycles. The van der Waals surface area contributed by atoms with Gasteiger partial charge in [-0.05, 0) is 31.6 Å². The van der Waals surface area contributed by atoms with Gasteiger partial charge in [-0.15, -0.1) is 0 Å². The molecule has 0 radical (unpaired) electrons. The fourth-order valence-corrected chi connectivity index (χ4v) is 2.74. The maximum atomic E-state index is 10.5. The lowest BCUT2D eigenvalue weighted by atomic mass is 9.80. The molecule has 2 fully saturated rings. The molecule has 0 amide bonds. The van der Waals surface area contributed by atoms with Crippen LogP contribution >= 0.6 is 0 Å². The van der Waals surface area contributed by atoms with Crippen molar-refractivity contribution >= 4 is 5.97 Å². The summed E-state index contributed by atoms with van der Waals surface area (Å²) in [5.41, 5.74) is 0. The third kappa shape index (κ3) is 2.27. The van der Waals surface area contributed by atoms with Crippen LogP contribution in [-0.2, 0) is 9.53 Å². The van der Waals surface area contributed by atoms with Gasteiger partial charge in [-0.3, -0.25) is 4.79 Å². The zero-order chi connectivity index (χ0) is 9.97. The predicted molar refractivity (Wildman–Crippen MR) is 52.1 cm³/mol. The van der Waals surface area contributed by atoms with E-state index in [-0.39, 0.29) is 12.5 Å². The number of carboxylic acids is 1. The molecule has 0 bridgehead atoms. The molecule has 14 heavy (non-hydrogen) atoms. The van der Waals surface area contributed by atoms with Gasteiger partial charge in [-0.25, -0.2) is 0 Å². The van der Waals surface area contributed by atoms with Crippen molar-refractivity contribution in [2.24, 2.45) is 5.92 Å². The van der Waals surface area contributed by atoms with Crippen LogP contribution in [0.4, 0.5) is 0 Å². The van der Waals surface area contributed by atoms with E-state index in [2.05, 4.69) is 0 Å². The molecule has 3 heteroatoms. The van der Waals surface area contributed by atoms with Crippen molar-refractivity contribution in [1.82, 2.24) is 0 Å². The molecule has 2 rings (SSSR count). The highest BCUT2D eigenvalue weighted by atomic mass is 16.5. The molecule has 1 heterocycles. The maximum Gasteiger partial charge on any atom is 0.305 e. The van der Waals surface area contributed by atoms with E-state index in [0.717, 1.165) is 12.8 Å². The van der Waals surface area contributed by atoms with Crippen LogP contribution in [-0.4, -0.2) is 23.3 Å². The summed E-state index contributed by atoms with van der Waals surface area (Å²) in [6.07, 6.45) is 7.63. The Morgan fingerprint density at radius 3 is 2.79 bits per heavy atom. The Bertz CT molecular complexity index is 215. The van der Waals surface area contributed by atoms with Crippen molar-refractivity contribution < 1.29 is 14.6 Å². The van der Waals surface area contributed by atoms with Gasteiger partial charge >= 0.3 is 5.97 Å². The van der Waals surface area contributed by atoms with Crippen molar-refractivity contribution in [1.29, 1.82) is 0 Å². The predicted octanol–water partition coefficient (Wildman–Crippen LogP) is 2.20. The van der Waals surface area contributed by atoms with Crippen molar-refractivity contribution in [3.63, 3.8) is 0 Å². The standard InChI is InChI=1S/C11H18O3/c12-11(13)7-9-6-5-8-3-1-2-4-10(8)14-9/h8-10H,1-7H2,(H,12,13). The number of fused-ring (bicyclic) bond motifs is 1. The summed E-state index contributed by atoms with van der Waals surface area (Å²) in [7, 11) is 0. The number of rotatable bonds is 2. The van der Waals surface area contributed by atoms with Crippen LogP contribution in [0.5, 0.6) is 0 Å². The van der Waals surface area contributed by atoms with Crippen LogP contribution in [0.1, 0.15) is 44.9 Å². The maximum absolute atomic E-state index is 10.5. The van der Waals surface area contributed by atoms with Gasteiger partial charge in [0.2, 0.25) is 0 Å². The first-order chi connectivity index (χ1) is 6.75. The highest BCUT2D eigenvalue weighted by Gasteiger charge is 2.33. The van der Waals surface area contributed by atoms with Gasteiger partial charge in [0, 0.05) is 0 Å².